The van der Waals surface area contributed by atoms with Crippen molar-refractivity contribution in [2.45, 2.75) is 12.5 Å². The standard InChI is InChI=1S/C6H6BrClN4/c1-6-3(11-12-4(6)7)2-9-5(8)10-6/h2H2,1H3,(H,9,10). The van der Waals surface area contributed by atoms with Gasteiger partial charge in [-0.3, -0.25) is 4.99 Å². The van der Waals surface area contributed by atoms with E-state index in [1.165, 1.54) is 0 Å². The van der Waals surface area contributed by atoms with Crippen molar-refractivity contribution in [3.05, 3.63) is 0 Å². The van der Waals surface area contributed by atoms with Gasteiger partial charge in [0.1, 0.15) is 10.2 Å². The number of nitrogens with one attached hydrogen (secondary N) is 1. The van der Waals surface area contributed by atoms with Crippen LogP contribution in [0.25, 0.3) is 0 Å². The van der Waals surface area contributed by atoms with Crippen LogP contribution in [0, 0.1) is 0 Å². The van der Waals surface area contributed by atoms with E-state index in [0.717, 1.165) is 10.3 Å². The van der Waals surface area contributed by atoms with Crippen LogP contribution in [0.15, 0.2) is 15.2 Å². The summed E-state index contributed by atoms with van der Waals surface area (Å²) in [6.45, 7) is 2.48. The predicted octanol–water partition coefficient (Wildman–Crippen LogP) is 1.11. The molecule has 0 saturated heterocycles. The number of fused-ring (bicyclic) bond motifs is 1. The van der Waals surface area contributed by atoms with Crippen LogP contribution in [-0.2, 0) is 0 Å². The highest BCUT2D eigenvalue weighted by molar-refractivity contribution is 9.18. The van der Waals surface area contributed by atoms with E-state index in [0.29, 0.717) is 11.8 Å². The van der Waals surface area contributed by atoms with Crippen molar-refractivity contribution in [3.63, 3.8) is 0 Å². The summed E-state index contributed by atoms with van der Waals surface area (Å²) in [6.07, 6.45) is 0. The highest BCUT2D eigenvalue weighted by Crippen LogP contribution is 2.23. The first-order valence-corrected chi connectivity index (χ1v) is 4.59. The van der Waals surface area contributed by atoms with E-state index in [4.69, 9.17) is 11.6 Å². The maximum Gasteiger partial charge on any atom is 0.192 e. The average Bonchev–Trinajstić information content (AvgIpc) is 2.28. The summed E-state index contributed by atoms with van der Waals surface area (Å²) >= 11 is 9.07. The minimum atomic E-state index is -0.376. The van der Waals surface area contributed by atoms with Gasteiger partial charge in [0.2, 0.25) is 0 Å². The second-order valence-electron chi connectivity index (χ2n) is 2.79. The lowest BCUT2D eigenvalue weighted by molar-refractivity contribution is 0.727. The average molecular weight is 249 g/mol. The van der Waals surface area contributed by atoms with Crippen molar-refractivity contribution in [3.8, 4) is 0 Å². The fourth-order valence-electron chi connectivity index (χ4n) is 1.13. The Morgan fingerprint density at radius 1 is 1.58 bits per heavy atom. The van der Waals surface area contributed by atoms with E-state index in [9.17, 15) is 0 Å². The monoisotopic (exact) mass is 248 g/mol. The zero-order valence-electron chi connectivity index (χ0n) is 6.30. The van der Waals surface area contributed by atoms with Crippen molar-refractivity contribution in [2.75, 3.05) is 6.54 Å². The molecule has 2 rings (SSSR count). The third kappa shape index (κ3) is 0.998. The van der Waals surface area contributed by atoms with Crippen LogP contribution in [0.3, 0.4) is 0 Å². The Morgan fingerprint density at radius 2 is 2.33 bits per heavy atom. The van der Waals surface area contributed by atoms with Gasteiger partial charge in [0.05, 0.1) is 12.3 Å². The molecule has 0 aliphatic carbocycles. The first-order chi connectivity index (χ1) is 5.63. The van der Waals surface area contributed by atoms with Crippen molar-refractivity contribution in [2.24, 2.45) is 15.2 Å². The van der Waals surface area contributed by atoms with Gasteiger partial charge in [0.25, 0.3) is 0 Å². The molecule has 12 heavy (non-hydrogen) atoms. The molecular weight excluding hydrogens is 243 g/mol. The number of halogens is 2. The van der Waals surface area contributed by atoms with Crippen molar-refractivity contribution >= 4 is 43.2 Å². The number of nitrogens with zero attached hydrogens (tertiary/aromatic N) is 3. The van der Waals surface area contributed by atoms with Gasteiger partial charge in [0.15, 0.2) is 5.29 Å². The second-order valence-corrected chi connectivity index (χ2v) is 3.90. The molecule has 0 aromatic carbocycles. The molecule has 1 N–H and O–H groups in total. The second kappa shape index (κ2) is 2.53. The Balaban J connectivity index is 2.40. The summed E-state index contributed by atoms with van der Waals surface area (Å²) < 4.78 is 0.748. The fraction of sp³-hybridized carbons (Fsp3) is 0.500. The molecule has 0 aromatic rings. The van der Waals surface area contributed by atoms with Gasteiger partial charge in [-0.1, -0.05) is 0 Å². The molecule has 2 aliphatic heterocycles. The number of rotatable bonds is 0. The molecule has 0 spiro atoms. The topological polar surface area (TPSA) is 49.1 Å². The van der Waals surface area contributed by atoms with Crippen LogP contribution in [0.4, 0.5) is 0 Å². The zero-order chi connectivity index (χ0) is 8.77. The molecule has 2 heterocycles. The highest BCUT2D eigenvalue weighted by Gasteiger charge is 2.41. The van der Waals surface area contributed by atoms with Crippen molar-refractivity contribution in [1.82, 2.24) is 5.32 Å². The molecular formula is C6H6BrClN4. The largest absolute Gasteiger partial charge is 0.344 e. The third-order valence-electron chi connectivity index (χ3n) is 1.97. The molecule has 6 heteroatoms. The Labute approximate surface area is 82.9 Å². The molecule has 0 radical (unpaired) electrons. The van der Waals surface area contributed by atoms with E-state index in [1.807, 2.05) is 6.92 Å². The minimum absolute atomic E-state index is 0.376. The van der Waals surface area contributed by atoms with Crippen molar-refractivity contribution < 1.29 is 0 Å². The molecule has 2 aliphatic rings. The smallest absolute Gasteiger partial charge is 0.192 e. The fourth-order valence-corrected chi connectivity index (χ4v) is 1.78. The van der Waals surface area contributed by atoms with E-state index in [2.05, 4.69) is 36.4 Å². The lowest BCUT2D eigenvalue weighted by Crippen LogP contribution is -2.57. The molecule has 64 valence electrons. The number of amidine groups is 1. The summed E-state index contributed by atoms with van der Waals surface area (Å²) in [7, 11) is 0. The van der Waals surface area contributed by atoms with Crippen LogP contribution in [-0.4, -0.2) is 27.7 Å². The predicted molar refractivity (Wildman–Crippen MR) is 53.5 cm³/mol. The Hall–Kier alpha value is -0.420. The Bertz CT molecular complexity index is 322. The maximum absolute atomic E-state index is 5.75. The zero-order valence-corrected chi connectivity index (χ0v) is 8.65. The van der Waals surface area contributed by atoms with E-state index in [-0.39, 0.29) is 5.54 Å². The normalized spacial score (nSPS) is 33.1. The van der Waals surface area contributed by atoms with Gasteiger partial charge < -0.3 is 5.32 Å². The number of aliphatic imine (C=N–C) groups is 1. The first kappa shape index (κ1) is 8.19. The summed E-state index contributed by atoms with van der Waals surface area (Å²) in [5, 5.41) is 11.3. The molecule has 4 nitrogen and oxygen atoms in total. The summed E-state index contributed by atoms with van der Waals surface area (Å²) in [5.41, 5.74) is 0.512. The molecule has 0 amide bonds. The first-order valence-electron chi connectivity index (χ1n) is 3.42. The van der Waals surface area contributed by atoms with E-state index in [1.54, 1.807) is 0 Å². The van der Waals surface area contributed by atoms with Crippen LogP contribution in [0.2, 0.25) is 0 Å². The van der Waals surface area contributed by atoms with Gasteiger partial charge in [-0.05, 0) is 34.5 Å². The van der Waals surface area contributed by atoms with Crippen LogP contribution in [0.5, 0.6) is 0 Å². The Morgan fingerprint density at radius 3 is 3.08 bits per heavy atom. The van der Waals surface area contributed by atoms with Crippen LogP contribution in [0.1, 0.15) is 6.92 Å². The van der Waals surface area contributed by atoms with Gasteiger partial charge in [-0.15, -0.1) is 5.10 Å². The third-order valence-corrected chi connectivity index (χ3v) is 3.13. The minimum Gasteiger partial charge on any atom is -0.344 e. The van der Waals surface area contributed by atoms with Gasteiger partial charge in [-0.2, -0.15) is 5.10 Å². The van der Waals surface area contributed by atoms with E-state index < -0.39 is 0 Å². The van der Waals surface area contributed by atoms with Gasteiger partial charge in [-0.25, -0.2) is 0 Å². The van der Waals surface area contributed by atoms with Crippen LogP contribution < -0.4 is 5.32 Å². The molecule has 0 aromatic heterocycles. The maximum atomic E-state index is 5.75. The molecule has 0 saturated carbocycles. The van der Waals surface area contributed by atoms with Crippen molar-refractivity contribution in [1.29, 1.82) is 0 Å². The molecule has 1 unspecified atom stereocenters. The lowest BCUT2D eigenvalue weighted by atomic mass is 9.97. The molecule has 0 bridgehead atoms. The number of hydrogen-bond donors (Lipinski definition) is 1. The summed E-state index contributed by atoms with van der Waals surface area (Å²) in [4.78, 5) is 4.00. The molecule has 1 atom stereocenters. The van der Waals surface area contributed by atoms with Gasteiger partial charge in [0, 0.05) is 0 Å². The summed E-state index contributed by atoms with van der Waals surface area (Å²) in [6, 6.07) is 0. The van der Waals surface area contributed by atoms with Gasteiger partial charge >= 0.3 is 0 Å². The Kier molecular flexibility index (Phi) is 1.73. The van der Waals surface area contributed by atoms with Crippen LogP contribution >= 0.6 is 27.5 Å². The highest BCUT2D eigenvalue weighted by atomic mass is 79.9. The molecule has 0 fully saturated rings. The SMILES string of the molecule is CC12NC(Cl)=NCC1=NN=C2Br. The summed E-state index contributed by atoms with van der Waals surface area (Å²) in [5.74, 6) is 0. The quantitative estimate of drug-likeness (QED) is 0.642. The van der Waals surface area contributed by atoms with E-state index >= 15 is 0 Å². The number of hydrogen-bond acceptors (Lipinski definition) is 4. The lowest BCUT2D eigenvalue weighted by Gasteiger charge is -2.29.